The molecule has 110 valence electrons. The van der Waals surface area contributed by atoms with Gasteiger partial charge in [0.05, 0.1) is 33.0 Å². The fourth-order valence-corrected chi connectivity index (χ4v) is 3.55. The lowest BCUT2D eigenvalue weighted by molar-refractivity contribution is -0.387. The predicted octanol–water partition coefficient (Wildman–Crippen LogP) is 3.62. The minimum Gasteiger partial charge on any atom is -0.481 e. The van der Waals surface area contributed by atoms with E-state index in [1.54, 1.807) is 5.38 Å². The molecule has 0 aliphatic heterocycles. The van der Waals surface area contributed by atoms with Crippen molar-refractivity contribution in [1.82, 2.24) is 4.98 Å². The summed E-state index contributed by atoms with van der Waals surface area (Å²) in [5, 5.41) is 20.9. The molecule has 1 N–H and O–H groups in total. The highest BCUT2D eigenvalue weighted by atomic mass is 35.5. The topological polar surface area (TPSA) is 93.3 Å². The summed E-state index contributed by atoms with van der Waals surface area (Å²) < 4.78 is 13.7. The number of nitrogens with zero attached hydrogens (tertiary/aromatic N) is 2. The van der Waals surface area contributed by atoms with E-state index in [9.17, 15) is 19.3 Å². The summed E-state index contributed by atoms with van der Waals surface area (Å²) in [7, 11) is 0. The van der Waals surface area contributed by atoms with Crippen molar-refractivity contribution in [2.45, 2.75) is 15.7 Å². The van der Waals surface area contributed by atoms with Crippen LogP contribution in [-0.4, -0.2) is 21.0 Å². The highest BCUT2D eigenvalue weighted by Crippen LogP contribution is 2.38. The Morgan fingerprint density at radius 1 is 1.57 bits per heavy atom. The molecule has 10 heteroatoms. The summed E-state index contributed by atoms with van der Waals surface area (Å²) in [6, 6.07) is 1.90. The van der Waals surface area contributed by atoms with Gasteiger partial charge in [-0.2, -0.15) is 0 Å². The molecule has 1 aromatic carbocycles. The first-order valence-corrected chi connectivity index (χ1v) is 7.41. The fraction of sp³-hybridized carbons (Fsp3) is 0.0909. The molecule has 0 unspecified atom stereocenters. The Kier molecular flexibility index (Phi) is 4.76. The summed E-state index contributed by atoms with van der Waals surface area (Å²) in [6.07, 6.45) is -0.233. The van der Waals surface area contributed by atoms with Crippen LogP contribution in [0.3, 0.4) is 0 Å². The van der Waals surface area contributed by atoms with E-state index in [0.717, 1.165) is 35.2 Å². The molecule has 0 aliphatic rings. The minimum atomic E-state index is -1.02. The standard InChI is InChI=1S/C11H6ClFN2O4S2/c12-6-2-9(8(15(18)19)3-7(6)13)21-11-14-5(4-20-11)1-10(16)17/h2-4H,1H2,(H,16,17). The third-order valence-corrected chi connectivity index (χ3v) is 4.58. The fourth-order valence-electron chi connectivity index (χ4n) is 1.41. The molecule has 2 aromatic rings. The van der Waals surface area contributed by atoms with Crippen LogP contribution in [0.2, 0.25) is 5.02 Å². The molecule has 0 radical (unpaired) electrons. The smallest absolute Gasteiger partial charge is 0.309 e. The van der Waals surface area contributed by atoms with Gasteiger partial charge < -0.3 is 5.11 Å². The third kappa shape index (κ3) is 3.90. The van der Waals surface area contributed by atoms with E-state index in [1.807, 2.05) is 0 Å². The van der Waals surface area contributed by atoms with E-state index in [1.165, 1.54) is 0 Å². The molecule has 0 aliphatic carbocycles. The van der Waals surface area contributed by atoms with E-state index in [4.69, 9.17) is 16.7 Å². The van der Waals surface area contributed by atoms with E-state index < -0.39 is 22.4 Å². The summed E-state index contributed by atoms with van der Waals surface area (Å²) in [4.78, 5) is 25.0. The Morgan fingerprint density at radius 3 is 2.90 bits per heavy atom. The lowest BCUT2D eigenvalue weighted by Gasteiger charge is -2.02. The van der Waals surface area contributed by atoms with Gasteiger partial charge in [0, 0.05) is 5.38 Å². The van der Waals surface area contributed by atoms with Crippen molar-refractivity contribution < 1.29 is 19.2 Å². The molecular formula is C11H6ClFN2O4S2. The summed E-state index contributed by atoms with van der Waals surface area (Å²) in [5.74, 6) is -1.90. The van der Waals surface area contributed by atoms with Crippen LogP contribution in [0.25, 0.3) is 0 Å². The first-order valence-electron chi connectivity index (χ1n) is 5.34. The van der Waals surface area contributed by atoms with Gasteiger partial charge in [-0.25, -0.2) is 9.37 Å². The number of hydrogen-bond acceptors (Lipinski definition) is 6. The van der Waals surface area contributed by atoms with Crippen LogP contribution in [0.15, 0.2) is 26.7 Å². The number of nitro groups is 1. The Hall–Kier alpha value is -1.71. The second kappa shape index (κ2) is 6.37. The number of aliphatic carboxylic acids is 1. The van der Waals surface area contributed by atoms with Crippen molar-refractivity contribution in [2.75, 3.05) is 0 Å². The Bertz CT molecular complexity index is 722. The largest absolute Gasteiger partial charge is 0.481 e. The van der Waals surface area contributed by atoms with E-state index in [-0.39, 0.29) is 16.3 Å². The molecule has 0 bridgehead atoms. The first-order chi connectivity index (χ1) is 9.86. The van der Waals surface area contributed by atoms with Gasteiger partial charge in [0.15, 0.2) is 4.34 Å². The average molecular weight is 349 g/mol. The molecule has 0 atom stereocenters. The van der Waals surface area contributed by atoms with Gasteiger partial charge >= 0.3 is 5.97 Å². The van der Waals surface area contributed by atoms with Crippen LogP contribution in [0, 0.1) is 15.9 Å². The van der Waals surface area contributed by atoms with Crippen LogP contribution >= 0.6 is 34.7 Å². The van der Waals surface area contributed by atoms with Gasteiger partial charge in [-0.3, -0.25) is 14.9 Å². The molecule has 6 nitrogen and oxygen atoms in total. The van der Waals surface area contributed by atoms with Crippen LogP contribution in [0.5, 0.6) is 0 Å². The summed E-state index contributed by atoms with van der Waals surface area (Å²) >= 11 is 7.71. The number of carboxylic acids is 1. The van der Waals surface area contributed by atoms with Crippen molar-refractivity contribution >= 4 is 46.4 Å². The number of carbonyl (C=O) groups is 1. The monoisotopic (exact) mass is 348 g/mol. The number of rotatable bonds is 5. The van der Waals surface area contributed by atoms with Crippen molar-refractivity contribution in [3.63, 3.8) is 0 Å². The van der Waals surface area contributed by atoms with Crippen LogP contribution in [0.1, 0.15) is 5.69 Å². The van der Waals surface area contributed by atoms with Crippen LogP contribution < -0.4 is 0 Å². The normalized spacial score (nSPS) is 10.6. The lowest BCUT2D eigenvalue weighted by Crippen LogP contribution is -1.99. The van der Waals surface area contributed by atoms with Crippen LogP contribution in [0.4, 0.5) is 10.1 Å². The number of thiazole rings is 1. The maximum absolute atomic E-state index is 13.3. The molecule has 2 rings (SSSR count). The van der Waals surface area contributed by atoms with E-state index >= 15 is 0 Å². The molecule has 0 amide bonds. The quantitative estimate of drug-likeness (QED) is 0.655. The predicted molar refractivity (Wildman–Crippen MR) is 75.6 cm³/mol. The first kappa shape index (κ1) is 15.7. The highest BCUT2D eigenvalue weighted by molar-refractivity contribution is 8.01. The number of carboxylic acid groups (broad SMARTS) is 1. The maximum atomic E-state index is 13.3. The van der Waals surface area contributed by atoms with Gasteiger partial charge in [0.25, 0.3) is 5.69 Å². The van der Waals surface area contributed by atoms with Gasteiger partial charge in [-0.1, -0.05) is 23.4 Å². The highest BCUT2D eigenvalue weighted by Gasteiger charge is 2.20. The molecule has 0 fully saturated rings. The molecule has 21 heavy (non-hydrogen) atoms. The minimum absolute atomic E-state index is 0.141. The SMILES string of the molecule is O=C(O)Cc1csc(Sc2cc(Cl)c(F)cc2[N+](=O)[O-])n1. The lowest BCUT2D eigenvalue weighted by atomic mass is 10.3. The molecule has 1 aromatic heterocycles. The Balaban J connectivity index is 2.30. The van der Waals surface area contributed by atoms with Gasteiger partial charge in [-0.15, -0.1) is 11.3 Å². The van der Waals surface area contributed by atoms with Gasteiger partial charge in [0.2, 0.25) is 0 Å². The van der Waals surface area contributed by atoms with Crippen molar-refractivity contribution in [1.29, 1.82) is 0 Å². The molecule has 1 heterocycles. The van der Waals surface area contributed by atoms with E-state index in [0.29, 0.717) is 10.0 Å². The molecule has 0 saturated heterocycles. The number of nitro benzene ring substituents is 1. The number of halogens is 2. The number of benzene rings is 1. The van der Waals surface area contributed by atoms with Gasteiger partial charge in [0.1, 0.15) is 5.82 Å². The van der Waals surface area contributed by atoms with E-state index in [2.05, 4.69) is 4.98 Å². The zero-order valence-electron chi connectivity index (χ0n) is 10.1. The van der Waals surface area contributed by atoms with Crippen LogP contribution in [-0.2, 0) is 11.2 Å². The zero-order chi connectivity index (χ0) is 15.6. The number of aromatic nitrogens is 1. The Labute approximate surface area is 130 Å². The zero-order valence-corrected chi connectivity index (χ0v) is 12.5. The maximum Gasteiger partial charge on any atom is 0.309 e. The average Bonchev–Trinajstić information content (AvgIpc) is 2.79. The van der Waals surface area contributed by atoms with Gasteiger partial charge in [-0.05, 0) is 6.07 Å². The summed E-state index contributed by atoms with van der Waals surface area (Å²) in [5.41, 5.74) is -0.0669. The number of hydrogen-bond donors (Lipinski definition) is 1. The van der Waals surface area contributed by atoms with Crippen molar-refractivity contribution in [3.8, 4) is 0 Å². The molecular weight excluding hydrogens is 343 g/mol. The second-order valence-electron chi connectivity index (χ2n) is 3.77. The third-order valence-electron chi connectivity index (χ3n) is 2.26. The Morgan fingerprint density at radius 2 is 2.29 bits per heavy atom. The van der Waals surface area contributed by atoms with Crippen molar-refractivity contribution in [2.24, 2.45) is 0 Å². The molecule has 0 spiro atoms. The summed E-state index contributed by atoms with van der Waals surface area (Å²) in [6.45, 7) is 0. The molecule has 0 saturated carbocycles. The second-order valence-corrected chi connectivity index (χ2v) is 6.32. The van der Waals surface area contributed by atoms with Crippen molar-refractivity contribution in [3.05, 3.63) is 44.2 Å².